The van der Waals surface area contributed by atoms with Crippen LogP contribution in [0.15, 0.2) is 95.8 Å². The van der Waals surface area contributed by atoms with Gasteiger partial charge in [-0.3, -0.25) is 0 Å². The number of allylic oxidation sites excluding steroid dienone is 4. The maximum absolute atomic E-state index is 12.2. The van der Waals surface area contributed by atoms with Gasteiger partial charge in [-0.2, -0.15) is 0 Å². The normalized spacial score (nSPS) is 22.4. The predicted octanol–water partition coefficient (Wildman–Crippen LogP) is 4.78. The van der Waals surface area contributed by atoms with Crippen LogP contribution in [-0.4, -0.2) is 5.97 Å². The van der Waals surface area contributed by atoms with Gasteiger partial charge >= 0.3 is 5.97 Å². The minimum atomic E-state index is -0.259. The third kappa shape index (κ3) is 2.74. The molecule has 1 aliphatic carbocycles. The monoisotopic (exact) mass is 312 g/mol. The first-order chi connectivity index (χ1) is 11.8. The van der Waals surface area contributed by atoms with Crippen molar-refractivity contribution in [3.63, 3.8) is 0 Å². The fraction of sp³-hybridized carbons (Fsp3) is 0.0455. The molecule has 0 N–H and O–H groups in total. The summed E-state index contributed by atoms with van der Waals surface area (Å²) < 4.78 is 5.55. The minimum absolute atomic E-state index is 0.136. The van der Waals surface area contributed by atoms with Gasteiger partial charge in [0.1, 0.15) is 5.76 Å². The Balaban J connectivity index is 1.77. The van der Waals surface area contributed by atoms with E-state index in [0.29, 0.717) is 11.3 Å². The lowest BCUT2D eigenvalue weighted by Crippen LogP contribution is -2.07. The van der Waals surface area contributed by atoms with E-state index in [1.807, 2.05) is 72.8 Å². The SMILES string of the molecule is O=C1OC(=Cc2ccccc2)C2C(=Cc3ccccc3)C=CC=C12. The highest BCUT2D eigenvalue weighted by molar-refractivity contribution is 5.97. The number of fused-ring (bicyclic) bond motifs is 1. The molecule has 2 aromatic carbocycles. The number of hydrogen-bond donors (Lipinski definition) is 0. The van der Waals surface area contributed by atoms with E-state index in [1.54, 1.807) is 0 Å². The lowest BCUT2D eigenvalue weighted by molar-refractivity contribution is -0.132. The molecule has 0 amide bonds. The number of hydrogen-bond acceptors (Lipinski definition) is 2. The van der Waals surface area contributed by atoms with E-state index in [1.165, 1.54) is 0 Å². The maximum atomic E-state index is 12.2. The topological polar surface area (TPSA) is 26.3 Å². The van der Waals surface area contributed by atoms with Crippen LogP contribution < -0.4 is 0 Å². The molecule has 0 bridgehead atoms. The first-order valence-electron chi connectivity index (χ1n) is 7.95. The third-order valence-electron chi connectivity index (χ3n) is 4.18. The third-order valence-corrected chi connectivity index (χ3v) is 4.18. The van der Waals surface area contributed by atoms with Gasteiger partial charge in [0.15, 0.2) is 0 Å². The molecular weight excluding hydrogens is 296 g/mol. The summed E-state index contributed by atoms with van der Waals surface area (Å²) in [6.45, 7) is 0. The Bertz CT molecular complexity index is 884. The van der Waals surface area contributed by atoms with Crippen molar-refractivity contribution in [2.45, 2.75) is 0 Å². The van der Waals surface area contributed by atoms with Crippen molar-refractivity contribution in [2.75, 3.05) is 0 Å². The molecule has 2 nitrogen and oxygen atoms in total. The highest BCUT2D eigenvalue weighted by Crippen LogP contribution is 2.41. The van der Waals surface area contributed by atoms with E-state index in [4.69, 9.17) is 4.74 Å². The van der Waals surface area contributed by atoms with Gasteiger partial charge < -0.3 is 4.74 Å². The number of carbonyl (C=O) groups excluding carboxylic acids is 1. The molecule has 0 radical (unpaired) electrons. The van der Waals surface area contributed by atoms with Crippen LogP contribution in [0.1, 0.15) is 11.1 Å². The average Bonchev–Trinajstić information content (AvgIpc) is 2.94. The summed E-state index contributed by atoms with van der Waals surface area (Å²) in [5.41, 5.74) is 3.89. The van der Waals surface area contributed by atoms with E-state index < -0.39 is 0 Å². The van der Waals surface area contributed by atoms with Crippen molar-refractivity contribution >= 4 is 18.1 Å². The Kier molecular flexibility index (Phi) is 3.72. The molecule has 1 heterocycles. The largest absolute Gasteiger partial charge is 0.427 e. The fourth-order valence-corrected chi connectivity index (χ4v) is 3.06. The highest BCUT2D eigenvalue weighted by Gasteiger charge is 2.38. The van der Waals surface area contributed by atoms with E-state index in [0.717, 1.165) is 16.7 Å². The Morgan fingerprint density at radius 1 is 0.833 bits per heavy atom. The molecule has 2 heteroatoms. The van der Waals surface area contributed by atoms with Crippen LogP contribution in [0, 0.1) is 5.92 Å². The van der Waals surface area contributed by atoms with Gasteiger partial charge in [0, 0.05) is 0 Å². The minimum Gasteiger partial charge on any atom is -0.427 e. The molecule has 0 saturated carbocycles. The second-order valence-electron chi connectivity index (χ2n) is 5.82. The zero-order valence-corrected chi connectivity index (χ0v) is 13.1. The smallest absolute Gasteiger partial charge is 0.340 e. The van der Waals surface area contributed by atoms with Crippen LogP contribution >= 0.6 is 0 Å². The molecule has 1 fully saturated rings. The average molecular weight is 312 g/mol. The van der Waals surface area contributed by atoms with Crippen LogP contribution in [0.5, 0.6) is 0 Å². The Hall–Kier alpha value is -3.13. The van der Waals surface area contributed by atoms with Crippen molar-refractivity contribution in [3.05, 3.63) is 107 Å². The standard InChI is InChI=1S/C22H16O2/c23-22-19-13-7-12-18(14-16-8-3-1-4-9-16)21(19)20(24-22)15-17-10-5-2-6-11-17/h1-15,21H. The van der Waals surface area contributed by atoms with Crippen molar-refractivity contribution in [2.24, 2.45) is 5.92 Å². The molecule has 2 aromatic rings. The number of carbonyl (C=O) groups is 1. The van der Waals surface area contributed by atoms with Crippen molar-refractivity contribution in [1.82, 2.24) is 0 Å². The Morgan fingerprint density at radius 3 is 2.12 bits per heavy atom. The zero-order chi connectivity index (χ0) is 16.4. The zero-order valence-electron chi connectivity index (χ0n) is 13.1. The summed E-state index contributed by atoms with van der Waals surface area (Å²) in [4.78, 5) is 12.2. The summed E-state index contributed by atoms with van der Waals surface area (Å²) >= 11 is 0. The van der Waals surface area contributed by atoms with Gasteiger partial charge in [-0.25, -0.2) is 4.79 Å². The first-order valence-corrected chi connectivity index (χ1v) is 7.95. The fourth-order valence-electron chi connectivity index (χ4n) is 3.06. The summed E-state index contributed by atoms with van der Waals surface area (Å²) in [5.74, 6) is 0.289. The number of esters is 1. The molecule has 2 aliphatic rings. The molecule has 4 rings (SSSR count). The quantitative estimate of drug-likeness (QED) is 0.746. The van der Waals surface area contributed by atoms with Crippen LogP contribution in [0.4, 0.5) is 0 Å². The molecule has 1 atom stereocenters. The molecule has 1 saturated heterocycles. The Labute approximate surface area is 141 Å². The van der Waals surface area contributed by atoms with E-state index in [2.05, 4.69) is 18.2 Å². The first kappa shape index (κ1) is 14.5. The molecular formula is C22H16O2. The summed E-state index contributed by atoms with van der Waals surface area (Å²) in [5, 5.41) is 0. The van der Waals surface area contributed by atoms with Gasteiger partial charge in [0.05, 0.1) is 11.5 Å². The summed E-state index contributed by atoms with van der Waals surface area (Å²) in [6, 6.07) is 20.0. The molecule has 1 unspecified atom stereocenters. The van der Waals surface area contributed by atoms with Gasteiger partial charge in [0.25, 0.3) is 0 Å². The van der Waals surface area contributed by atoms with Gasteiger partial charge in [0.2, 0.25) is 0 Å². The van der Waals surface area contributed by atoms with Crippen LogP contribution in [-0.2, 0) is 9.53 Å². The van der Waals surface area contributed by atoms with Gasteiger partial charge in [-0.15, -0.1) is 0 Å². The predicted molar refractivity (Wildman–Crippen MR) is 95.6 cm³/mol. The molecule has 1 aliphatic heterocycles. The lowest BCUT2D eigenvalue weighted by atomic mass is 9.85. The number of benzene rings is 2. The van der Waals surface area contributed by atoms with Crippen LogP contribution in [0.25, 0.3) is 12.2 Å². The molecule has 0 aromatic heterocycles. The van der Waals surface area contributed by atoms with Crippen LogP contribution in [0.3, 0.4) is 0 Å². The van der Waals surface area contributed by atoms with E-state index in [-0.39, 0.29) is 11.9 Å². The second-order valence-corrected chi connectivity index (χ2v) is 5.82. The highest BCUT2D eigenvalue weighted by atomic mass is 16.5. The molecule has 0 spiro atoms. The van der Waals surface area contributed by atoms with Crippen molar-refractivity contribution in [3.8, 4) is 0 Å². The number of ether oxygens (including phenoxy) is 1. The van der Waals surface area contributed by atoms with Crippen LogP contribution in [0.2, 0.25) is 0 Å². The second kappa shape index (κ2) is 6.17. The lowest BCUT2D eigenvalue weighted by Gasteiger charge is -2.15. The number of rotatable bonds is 2. The molecule has 24 heavy (non-hydrogen) atoms. The summed E-state index contributed by atoms with van der Waals surface area (Å²) in [7, 11) is 0. The van der Waals surface area contributed by atoms with Crippen molar-refractivity contribution < 1.29 is 9.53 Å². The summed E-state index contributed by atoms with van der Waals surface area (Å²) in [6.07, 6.45) is 9.85. The van der Waals surface area contributed by atoms with Gasteiger partial charge in [-0.05, 0) is 22.8 Å². The molecule has 116 valence electrons. The van der Waals surface area contributed by atoms with E-state index in [9.17, 15) is 4.79 Å². The van der Waals surface area contributed by atoms with Crippen molar-refractivity contribution in [1.29, 1.82) is 0 Å². The maximum Gasteiger partial charge on any atom is 0.340 e. The Morgan fingerprint density at radius 2 is 1.46 bits per heavy atom. The van der Waals surface area contributed by atoms with E-state index >= 15 is 0 Å². The number of cyclic esters (lactones) is 1. The van der Waals surface area contributed by atoms with Gasteiger partial charge in [-0.1, -0.05) is 85.0 Å².